The first-order chi connectivity index (χ1) is 11.0. The van der Waals surface area contributed by atoms with Crippen LogP contribution in [0.4, 0.5) is 4.39 Å². The van der Waals surface area contributed by atoms with Gasteiger partial charge in [0.1, 0.15) is 16.1 Å². The van der Waals surface area contributed by atoms with Gasteiger partial charge in [-0.2, -0.15) is 0 Å². The van der Waals surface area contributed by atoms with Gasteiger partial charge in [0.15, 0.2) is 0 Å². The van der Waals surface area contributed by atoms with Crippen molar-refractivity contribution in [2.75, 3.05) is 0 Å². The van der Waals surface area contributed by atoms with Crippen molar-refractivity contribution in [2.24, 2.45) is 5.92 Å². The van der Waals surface area contributed by atoms with E-state index in [1.54, 1.807) is 12.1 Å². The van der Waals surface area contributed by atoms with Crippen LogP contribution in [0.15, 0.2) is 24.3 Å². The lowest BCUT2D eigenvalue weighted by Gasteiger charge is -2.15. The van der Waals surface area contributed by atoms with E-state index in [1.807, 2.05) is 6.07 Å². The predicted molar refractivity (Wildman–Crippen MR) is 96.0 cm³/mol. The van der Waals surface area contributed by atoms with Crippen LogP contribution in [0.25, 0.3) is 11.1 Å². The summed E-state index contributed by atoms with van der Waals surface area (Å²) in [6.45, 7) is 0. The van der Waals surface area contributed by atoms with Gasteiger partial charge in [-0.3, -0.25) is 0 Å². The fourth-order valence-electron chi connectivity index (χ4n) is 2.75. The maximum atomic E-state index is 14.3. The van der Waals surface area contributed by atoms with Crippen molar-refractivity contribution in [3.8, 4) is 11.1 Å². The smallest absolute Gasteiger partial charge is 0.134 e. The Labute approximate surface area is 147 Å². The quantitative estimate of drug-likeness (QED) is 0.624. The minimum Gasteiger partial charge on any atom is -0.393 e. The van der Waals surface area contributed by atoms with Gasteiger partial charge >= 0.3 is 0 Å². The molecule has 0 amide bonds. The zero-order valence-electron chi connectivity index (χ0n) is 12.4. The third-order valence-corrected chi connectivity index (χ3v) is 5.05. The summed E-state index contributed by atoms with van der Waals surface area (Å²) in [6.07, 6.45) is 2.94. The molecule has 2 aromatic rings. The molecule has 1 aromatic carbocycles. The number of aliphatic hydroxyl groups is 1. The average Bonchev–Trinajstić information content (AvgIpc) is 3.30. The SMILES string of the molecule is OC(CCc1c(-c2ccc(P)cc2F)cc(Cl)nc1Cl)C1CC1. The molecule has 0 aliphatic heterocycles. The van der Waals surface area contributed by atoms with Gasteiger partial charge < -0.3 is 5.11 Å². The Kier molecular flexibility index (Phi) is 5.22. The lowest BCUT2D eigenvalue weighted by atomic mass is 9.96. The van der Waals surface area contributed by atoms with Crippen LogP contribution in [-0.4, -0.2) is 16.2 Å². The van der Waals surface area contributed by atoms with Crippen molar-refractivity contribution >= 4 is 37.7 Å². The fourth-order valence-corrected chi connectivity index (χ4v) is 3.51. The van der Waals surface area contributed by atoms with E-state index < -0.39 is 0 Å². The minimum absolute atomic E-state index is 0.228. The number of halogens is 3. The molecule has 3 rings (SSSR count). The number of hydrogen-bond acceptors (Lipinski definition) is 2. The molecule has 2 atom stereocenters. The van der Waals surface area contributed by atoms with Crippen molar-refractivity contribution in [1.29, 1.82) is 0 Å². The molecular weight excluding hydrogens is 355 g/mol. The van der Waals surface area contributed by atoms with E-state index >= 15 is 0 Å². The molecule has 1 N–H and O–H groups in total. The van der Waals surface area contributed by atoms with Crippen molar-refractivity contribution in [2.45, 2.75) is 31.8 Å². The maximum absolute atomic E-state index is 14.3. The summed E-state index contributed by atoms with van der Waals surface area (Å²) in [7, 11) is 2.47. The van der Waals surface area contributed by atoms with Gasteiger partial charge in [0.25, 0.3) is 0 Å². The van der Waals surface area contributed by atoms with Crippen LogP contribution < -0.4 is 5.30 Å². The Balaban J connectivity index is 1.97. The molecule has 1 aromatic heterocycles. The second-order valence-corrected chi connectivity index (χ2v) is 7.36. The number of pyridine rings is 1. The zero-order chi connectivity index (χ0) is 16.6. The van der Waals surface area contributed by atoms with Crippen LogP contribution in [0, 0.1) is 11.7 Å². The number of rotatable bonds is 5. The van der Waals surface area contributed by atoms with Crippen LogP contribution in [-0.2, 0) is 6.42 Å². The minimum atomic E-state index is -0.339. The normalized spacial score (nSPS) is 15.7. The lowest BCUT2D eigenvalue weighted by molar-refractivity contribution is 0.142. The molecule has 1 saturated carbocycles. The summed E-state index contributed by atoms with van der Waals surface area (Å²) in [5, 5.41) is 11.3. The summed E-state index contributed by atoms with van der Waals surface area (Å²) in [4.78, 5) is 4.07. The number of benzene rings is 1. The van der Waals surface area contributed by atoms with Crippen LogP contribution in [0.1, 0.15) is 24.8 Å². The van der Waals surface area contributed by atoms with E-state index in [0.29, 0.717) is 29.9 Å². The molecular formula is C17H17Cl2FNOP. The Hall–Kier alpha value is -0.730. The summed E-state index contributed by atoms with van der Waals surface area (Å²) >= 11 is 12.3. The van der Waals surface area contributed by atoms with Gasteiger partial charge in [-0.1, -0.05) is 35.3 Å². The molecule has 1 fully saturated rings. The van der Waals surface area contributed by atoms with E-state index in [9.17, 15) is 9.50 Å². The molecule has 6 heteroatoms. The highest BCUT2D eigenvalue weighted by Crippen LogP contribution is 2.37. The molecule has 2 unspecified atom stereocenters. The molecule has 2 nitrogen and oxygen atoms in total. The van der Waals surface area contributed by atoms with Crippen LogP contribution in [0.3, 0.4) is 0 Å². The number of aromatic nitrogens is 1. The highest BCUT2D eigenvalue weighted by atomic mass is 35.5. The van der Waals surface area contributed by atoms with Crippen LogP contribution in [0.5, 0.6) is 0 Å². The van der Waals surface area contributed by atoms with E-state index in [0.717, 1.165) is 23.7 Å². The molecule has 1 aliphatic carbocycles. The molecule has 0 radical (unpaired) electrons. The van der Waals surface area contributed by atoms with Crippen LogP contribution in [0.2, 0.25) is 10.3 Å². The third kappa shape index (κ3) is 4.03. The molecule has 1 heterocycles. The first-order valence-electron chi connectivity index (χ1n) is 7.54. The van der Waals surface area contributed by atoms with Gasteiger partial charge in [0.05, 0.1) is 6.10 Å². The van der Waals surface area contributed by atoms with Gasteiger partial charge in [-0.25, -0.2) is 9.37 Å². The Morgan fingerprint density at radius 1 is 1.26 bits per heavy atom. The highest BCUT2D eigenvalue weighted by molar-refractivity contribution is 7.27. The second kappa shape index (κ2) is 7.03. The van der Waals surface area contributed by atoms with Crippen LogP contribution >= 0.6 is 32.4 Å². The van der Waals surface area contributed by atoms with Gasteiger partial charge in [0.2, 0.25) is 0 Å². The molecule has 1 aliphatic rings. The standard InChI is InChI=1S/C17H17Cl2FNOP/c18-16-8-13(11-4-3-10(23)7-14(11)20)12(17(19)21-16)5-6-15(22)9-1-2-9/h3-4,7-9,15,22H,1-2,5-6,23H2. The Morgan fingerprint density at radius 3 is 2.65 bits per heavy atom. The average molecular weight is 372 g/mol. The van der Waals surface area contributed by atoms with Gasteiger partial charge in [-0.05, 0) is 60.2 Å². The fraction of sp³-hybridized carbons (Fsp3) is 0.353. The molecule has 23 heavy (non-hydrogen) atoms. The van der Waals surface area contributed by atoms with E-state index in [2.05, 4.69) is 14.2 Å². The molecule has 0 spiro atoms. The number of nitrogens with zero attached hydrogens (tertiary/aromatic N) is 1. The summed E-state index contributed by atoms with van der Waals surface area (Å²) < 4.78 is 14.3. The third-order valence-electron chi connectivity index (χ3n) is 4.18. The first kappa shape index (κ1) is 17.1. The van der Waals surface area contributed by atoms with Gasteiger partial charge in [-0.15, -0.1) is 9.24 Å². The topological polar surface area (TPSA) is 33.1 Å². The summed E-state index contributed by atoms with van der Waals surface area (Å²) in [6, 6.07) is 6.60. The molecule has 122 valence electrons. The summed E-state index contributed by atoms with van der Waals surface area (Å²) in [5.74, 6) is 0.0606. The van der Waals surface area contributed by atoms with Crippen molar-refractivity contribution in [3.05, 3.63) is 46.0 Å². The number of aliphatic hydroxyl groups excluding tert-OH is 1. The Bertz CT molecular complexity index is 737. The summed E-state index contributed by atoms with van der Waals surface area (Å²) in [5.41, 5.74) is 1.81. The van der Waals surface area contributed by atoms with E-state index in [4.69, 9.17) is 23.2 Å². The monoisotopic (exact) mass is 371 g/mol. The van der Waals surface area contributed by atoms with E-state index in [1.165, 1.54) is 6.07 Å². The first-order valence-corrected chi connectivity index (χ1v) is 8.87. The maximum Gasteiger partial charge on any atom is 0.134 e. The zero-order valence-corrected chi connectivity index (χ0v) is 15.1. The second-order valence-electron chi connectivity index (χ2n) is 5.94. The van der Waals surface area contributed by atoms with E-state index in [-0.39, 0.29) is 22.2 Å². The molecule has 0 bridgehead atoms. The van der Waals surface area contributed by atoms with Crippen molar-refractivity contribution < 1.29 is 9.50 Å². The van der Waals surface area contributed by atoms with Gasteiger partial charge in [0, 0.05) is 5.56 Å². The van der Waals surface area contributed by atoms with Crippen molar-refractivity contribution in [3.63, 3.8) is 0 Å². The largest absolute Gasteiger partial charge is 0.393 e. The highest BCUT2D eigenvalue weighted by Gasteiger charge is 2.29. The molecule has 0 saturated heterocycles. The lowest BCUT2D eigenvalue weighted by Crippen LogP contribution is -2.11. The predicted octanol–water partition coefficient (Wildman–Crippen LogP) is 4.40. The number of hydrogen-bond donors (Lipinski definition) is 1. The van der Waals surface area contributed by atoms with Crippen molar-refractivity contribution in [1.82, 2.24) is 4.98 Å². The Morgan fingerprint density at radius 2 is 2.00 bits per heavy atom.